The fourth-order valence-corrected chi connectivity index (χ4v) is 4.52. The SMILES string of the molecule is CCO[C@@H]1CN(c2nc(C(=O)O)c(C)s2)CC[C@@H]1NC(=O)c1nc(Cl)c(CC)[nH]1. The van der Waals surface area contributed by atoms with Gasteiger partial charge in [-0.2, -0.15) is 0 Å². The van der Waals surface area contributed by atoms with Gasteiger partial charge in [0.2, 0.25) is 0 Å². The minimum absolute atomic E-state index is 0.0785. The average Bonchev–Trinajstić information content (AvgIpc) is 3.26. The van der Waals surface area contributed by atoms with Crippen LogP contribution in [-0.2, 0) is 11.2 Å². The molecule has 0 radical (unpaired) electrons. The summed E-state index contributed by atoms with van der Waals surface area (Å²) < 4.78 is 5.87. The number of carbonyl (C=O) groups excluding carboxylic acids is 1. The lowest BCUT2D eigenvalue weighted by Gasteiger charge is -2.38. The highest BCUT2D eigenvalue weighted by atomic mass is 35.5. The smallest absolute Gasteiger partial charge is 0.355 e. The Bertz CT molecular complexity index is 899. The van der Waals surface area contributed by atoms with Crippen LogP contribution in [0.1, 0.15) is 51.9 Å². The first-order valence-corrected chi connectivity index (χ1v) is 10.7. The van der Waals surface area contributed by atoms with E-state index in [-0.39, 0.29) is 29.6 Å². The van der Waals surface area contributed by atoms with Gasteiger partial charge in [0.05, 0.1) is 17.8 Å². The Kier molecular flexibility index (Phi) is 6.76. The number of ether oxygens (including phenoxy) is 1. The molecule has 158 valence electrons. The number of aromatic nitrogens is 3. The molecule has 1 fully saturated rings. The van der Waals surface area contributed by atoms with E-state index in [2.05, 4.69) is 20.3 Å². The zero-order chi connectivity index (χ0) is 21.1. The zero-order valence-corrected chi connectivity index (χ0v) is 18.1. The molecular formula is C18H24ClN5O4S. The van der Waals surface area contributed by atoms with Crippen LogP contribution < -0.4 is 10.2 Å². The molecule has 0 aliphatic carbocycles. The fraction of sp³-hybridized carbons (Fsp3) is 0.556. The number of imidazole rings is 1. The molecule has 2 aromatic rings. The van der Waals surface area contributed by atoms with Gasteiger partial charge in [0.25, 0.3) is 5.91 Å². The molecule has 1 aliphatic heterocycles. The quantitative estimate of drug-likeness (QED) is 0.603. The number of thiazole rings is 1. The third-order valence-corrected chi connectivity index (χ3v) is 6.16. The number of piperidine rings is 1. The lowest BCUT2D eigenvalue weighted by Crippen LogP contribution is -2.55. The standard InChI is InChI=1S/C18H24ClN5O4S/c1-4-10-14(19)23-15(20-10)16(25)21-11-6-7-24(8-12(11)28-5-2)18-22-13(17(26)27)9(3)29-18/h11-12H,4-8H2,1-3H3,(H,20,23)(H,21,25)(H,26,27)/t11-,12+/m0/s1. The Hall–Kier alpha value is -2.17. The van der Waals surface area contributed by atoms with Crippen LogP contribution in [0, 0.1) is 6.92 Å². The maximum Gasteiger partial charge on any atom is 0.355 e. The van der Waals surface area contributed by atoms with Gasteiger partial charge >= 0.3 is 5.97 Å². The van der Waals surface area contributed by atoms with Crippen LogP contribution in [0.2, 0.25) is 5.15 Å². The molecule has 2 aromatic heterocycles. The van der Waals surface area contributed by atoms with Crippen LogP contribution in [0.25, 0.3) is 0 Å². The molecule has 1 aliphatic rings. The highest BCUT2D eigenvalue weighted by molar-refractivity contribution is 7.15. The molecule has 0 spiro atoms. The van der Waals surface area contributed by atoms with E-state index in [0.717, 1.165) is 5.69 Å². The van der Waals surface area contributed by atoms with Crippen LogP contribution in [0.4, 0.5) is 5.13 Å². The highest BCUT2D eigenvalue weighted by Crippen LogP contribution is 2.29. The van der Waals surface area contributed by atoms with Gasteiger partial charge < -0.3 is 25.0 Å². The molecule has 0 bridgehead atoms. The van der Waals surface area contributed by atoms with Crippen molar-refractivity contribution in [3.63, 3.8) is 0 Å². The van der Waals surface area contributed by atoms with E-state index >= 15 is 0 Å². The Morgan fingerprint density at radius 2 is 2.17 bits per heavy atom. The van der Waals surface area contributed by atoms with Gasteiger partial charge in [0.15, 0.2) is 21.8 Å². The number of anilines is 1. The number of hydrogen-bond acceptors (Lipinski definition) is 7. The van der Waals surface area contributed by atoms with Crippen LogP contribution >= 0.6 is 22.9 Å². The average molecular weight is 442 g/mol. The van der Waals surface area contributed by atoms with Gasteiger partial charge in [-0.05, 0) is 26.7 Å². The molecule has 0 aromatic carbocycles. The fourth-order valence-electron chi connectivity index (χ4n) is 3.32. The maximum absolute atomic E-state index is 12.6. The first-order valence-electron chi connectivity index (χ1n) is 9.46. The number of aromatic carboxylic acids is 1. The number of H-pyrrole nitrogens is 1. The number of rotatable bonds is 7. The van der Waals surface area contributed by atoms with Gasteiger partial charge in [-0.1, -0.05) is 18.5 Å². The van der Waals surface area contributed by atoms with Crippen molar-refractivity contribution in [1.29, 1.82) is 0 Å². The van der Waals surface area contributed by atoms with E-state index in [1.165, 1.54) is 11.3 Å². The zero-order valence-electron chi connectivity index (χ0n) is 16.5. The van der Waals surface area contributed by atoms with Crippen LogP contribution in [0.5, 0.6) is 0 Å². The molecular weight excluding hydrogens is 418 g/mol. The number of halogens is 1. The predicted octanol–water partition coefficient (Wildman–Crippen LogP) is 2.50. The third-order valence-electron chi connectivity index (χ3n) is 4.81. The van der Waals surface area contributed by atoms with Crippen molar-refractivity contribution in [3.8, 4) is 0 Å². The predicted molar refractivity (Wildman–Crippen MR) is 110 cm³/mol. The molecule has 11 heteroatoms. The van der Waals surface area contributed by atoms with Crippen molar-refractivity contribution in [2.24, 2.45) is 0 Å². The Labute approximate surface area is 177 Å². The summed E-state index contributed by atoms with van der Waals surface area (Å²) in [6, 6.07) is -0.201. The minimum atomic E-state index is -1.03. The summed E-state index contributed by atoms with van der Waals surface area (Å²) in [5, 5.41) is 13.2. The number of carbonyl (C=O) groups is 2. The second-order valence-electron chi connectivity index (χ2n) is 6.72. The Morgan fingerprint density at radius 3 is 2.76 bits per heavy atom. The van der Waals surface area contributed by atoms with Crippen molar-refractivity contribution in [3.05, 3.63) is 27.2 Å². The second-order valence-corrected chi connectivity index (χ2v) is 8.26. The Morgan fingerprint density at radius 1 is 1.41 bits per heavy atom. The molecule has 1 saturated heterocycles. The first kappa shape index (κ1) is 21.5. The lowest BCUT2D eigenvalue weighted by molar-refractivity contribution is 0.0271. The molecule has 0 unspecified atom stereocenters. The number of hydrogen-bond donors (Lipinski definition) is 3. The van der Waals surface area contributed by atoms with Gasteiger partial charge in [-0.15, -0.1) is 11.3 Å². The summed E-state index contributed by atoms with van der Waals surface area (Å²) in [4.78, 5) is 37.9. The Balaban J connectivity index is 1.70. The summed E-state index contributed by atoms with van der Waals surface area (Å²) >= 11 is 7.38. The summed E-state index contributed by atoms with van der Waals surface area (Å²) in [6.07, 6.45) is 1.03. The summed E-state index contributed by atoms with van der Waals surface area (Å²) in [7, 11) is 0. The molecule has 9 nitrogen and oxygen atoms in total. The molecule has 3 heterocycles. The van der Waals surface area contributed by atoms with Crippen molar-refractivity contribution >= 4 is 39.9 Å². The summed E-state index contributed by atoms with van der Waals surface area (Å²) in [6.45, 7) is 7.20. The number of nitrogens with one attached hydrogen (secondary N) is 2. The van der Waals surface area contributed by atoms with E-state index in [9.17, 15) is 14.7 Å². The monoisotopic (exact) mass is 441 g/mol. The first-order chi connectivity index (χ1) is 13.8. The number of aryl methyl sites for hydroxylation is 2. The van der Waals surface area contributed by atoms with Crippen molar-refractivity contribution in [1.82, 2.24) is 20.3 Å². The minimum Gasteiger partial charge on any atom is -0.476 e. The topological polar surface area (TPSA) is 120 Å². The van der Waals surface area contributed by atoms with E-state index in [4.69, 9.17) is 16.3 Å². The number of aromatic amines is 1. The second kappa shape index (κ2) is 9.10. The molecule has 2 atom stereocenters. The molecule has 3 N–H and O–H groups in total. The van der Waals surface area contributed by atoms with Crippen LogP contribution in [0.3, 0.4) is 0 Å². The van der Waals surface area contributed by atoms with Gasteiger partial charge in [0, 0.05) is 24.6 Å². The maximum atomic E-state index is 12.6. The van der Waals surface area contributed by atoms with E-state index in [0.29, 0.717) is 47.7 Å². The third kappa shape index (κ3) is 4.71. The lowest BCUT2D eigenvalue weighted by atomic mass is 10.0. The van der Waals surface area contributed by atoms with E-state index < -0.39 is 5.97 Å². The van der Waals surface area contributed by atoms with Gasteiger partial charge in [-0.3, -0.25) is 4.79 Å². The van der Waals surface area contributed by atoms with Crippen LogP contribution in [0.15, 0.2) is 0 Å². The number of nitrogens with zero attached hydrogens (tertiary/aromatic N) is 3. The summed E-state index contributed by atoms with van der Waals surface area (Å²) in [5.41, 5.74) is 0.802. The molecule has 3 rings (SSSR count). The normalized spacial score (nSPS) is 19.4. The molecule has 29 heavy (non-hydrogen) atoms. The van der Waals surface area contributed by atoms with E-state index in [1.807, 2.05) is 18.7 Å². The highest BCUT2D eigenvalue weighted by Gasteiger charge is 2.33. The number of amides is 1. The summed E-state index contributed by atoms with van der Waals surface area (Å²) in [5.74, 6) is -1.17. The van der Waals surface area contributed by atoms with Crippen molar-refractivity contribution in [2.45, 2.75) is 45.8 Å². The van der Waals surface area contributed by atoms with E-state index in [1.54, 1.807) is 6.92 Å². The molecule has 1 amide bonds. The van der Waals surface area contributed by atoms with Crippen LogP contribution in [-0.4, -0.2) is 63.8 Å². The van der Waals surface area contributed by atoms with Crippen molar-refractivity contribution < 1.29 is 19.4 Å². The number of carboxylic acids is 1. The van der Waals surface area contributed by atoms with Gasteiger partial charge in [-0.25, -0.2) is 14.8 Å². The van der Waals surface area contributed by atoms with Crippen molar-refractivity contribution in [2.75, 3.05) is 24.6 Å². The van der Waals surface area contributed by atoms with Gasteiger partial charge in [0.1, 0.15) is 0 Å². The largest absolute Gasteiger partial charge is 0.476 e. The number of carboxylic acid groups (broad SMARTS) is 1. The molecule has 0 saturated carbocycles.